The average Bonchev–Trinajstić information content (AvgIpc) is 2.96. The van der Waals surface area contributed by atoms with E-state index < -0.39 is 0 Å². The lowest BCUT2D eigenvalue weighted by Crippen LogP contribution is -2.12. The Labute approximate surface area is 138 Å². The number of pyridine rings is 1. The lowest BCUT2D eigenvalue weighted by Gasteiger charge is -2.23. The van der Waals surface area contributed by atoms with Crippen molar-refractivity contribution >= 4 is 5.69 Å². The Hall–Kier alpha value is -2.04. The number of aromatic nitrogens is 3. The Morgan fingerprint density at radius 3 is 2.83 bits per heavy atom. The molecule has 23 heavy (non-hydrogen) atoms. The van der Waals surface area contributed by atoms with Crippen LogP contribution < -0.4 is 10.1 Å². The second kappa shape index (κ2) is 7.02. The molecule has 1 aliphatic carbocycles. The Morgan fingerprint density at radius 1 is 1.30 bits per heavy atom. The van der Waals surface area contributed by atoms with Gasteiger partial charge in [0.2, 0.25) is 0 Å². The summed E-state index contributed by atoms with van der Waals surface area (Å²) in [6.07, 6.45) is 12.1. The highest BCUT2D eigenvalue weighted by Gasteiger charge is 2.23. The number of hydrogen-bond donors (Lipinski definition) is 1. The van der Waals surface area contributed by atoms with E-state index >= 15 is 0 Å². The van der Waals surface area contributed by atoms with Crippen LogP contribution in [0.3, 0.4) is 0 Å². The van der Waals surface area contributed by atoms with Crippen LogP contribution in [0.25, 0.3) is 0 Å². The number of nitrogens with one attached hydrogen (secondary N) is 1. The van der Waals surface area contributed by atoms with Gasteiger partial charge in [-0.25, -0.2) is 0 Å². The molecule has 1 fully saturated rings. The number of methoxy groups -OCH3 is 1. The molecule has 1 atom stereocenters. The van der Waals surface area contributed by atoms with E-state index in [9.17, 15) is 0 Å². The highest BCUT2D eigenvalue weighted by molar-refractivity contribution is 5.51. The summed E-state index contributed by atoms with van der Waals surface area (Å²) in [4.78, 5) is 4.13. The third kappa shape index (κ3) is 3.49. The molecule has 0 aliphatic heterocycles. The minimum absolute atomic E-state index is 0.138. The van der Waals surface area contributed by atoms with Crippen LogP contribution >= 0.6 is 0 Å². The van der Waals surface area contributed by atoms with Crippen molar-refractivity contribution in [2.24, 2.45) is 7.05 Å². The van der Waals surface area contributed by atoms with E-state index in [1.807, 2.05) is 17.8 Å². The summed E-state index contributed by atoms with van der Waals surface area (Å²) in [6, 6.07) is 2.15. The zero-order chi connectivity index (χ0) is 16.2. The van der Waals surface area contributed by atoms with Crippen LogP contribution in [0.15, 0.2) is 24.7 Å². The first kappa shape index (κ1) is 15.8. The smallest absolute Gasteiger partial charge is 0.142 e. The molecule has 0 bridgehead atoms. The first-order valence-corrected chi connectivity index (χ1v) is 8.47. The molecule has 1 unspecified atom stereocenters. The SMILES string of the molecule is COc1cnccc1C(C)Nc1cn(C)nc1C1CCCCC1. The van der Waals surface area contributed by atoms with Gasteiger partial charge in [-0.3, -0.25) is 9.67 Å². The second-order valence-electron chi connectivity index (χ2n) is 6.42. The van der Waals surface area contributed by atoms with Crippen molar-refractivity contribution < 1.29 is 4.74 Å². The predicted molar refractivity (Wildman–Crippen MR) is 91.9 cm³/mol. The third-order valence-corrected chi connectivity index (χ3v) is 4.72. The van der Waals surface area contributed by atoms with Gasteiger partial charge in [-0.2, -0.15) is 5.10 Å². The van der Waals surface area contributed by atoms with E-state index in [1.54, 1.807) is 19.5 Å². The van der Waals surface area contributed by atoms with Gasteiger partial charge in [0, 0.05) is 30.9 Å². The fourth-order valence-corrected chi connectivity index (χ4v) is 3.52. The van der Waals surface area contributed by atoms with Crippen molar-refractivity contribution in [3.8, 4) is 5.75 Å². The van der Waals surface area contributed by atoms with E-state index in [0.717, 1.165) is 17.0 Å². The average molecular weight is 314 g/mol. The van der Waals surface area contributed by atoms with Crippen LogP contribution in [0.1, 0.15) is 62.2 Å². The third-order valence-electron chi connectivity index (χ3n) is 4.72. The number of rotatable bonds is 5. The van der Waals surface area contributed by atoms with Gasteiger partial charge < -0.3 is 10.1 Å². The van der Waals surface area contributed by atoms with Gasteiger partial charge in [0.25, 0.3) is 0 Å². The van der Waals surface area contributed by atoms with Gasteiger partial charge in [0.15, 0.2) is 0 Å². The Kier molecular flexibility index (Phi) is 4.84. The van der Waals surface area contributed by atoms with Crippen LogP contribution in [-0.4, -0.2) is 21.9 Å². The first-order valence-electron chi connectivity index (χ1n) is 8.47. The molecule has 5 heteroatoms. The summed E-state index contributed by atoms with van der Waals surface area (Å²) in [6.45, 7) is 2.15. The van der Waals surface area contributed by atoms with Crippen LogP contribution in [0.5, 0.6) is 5.75 Å². The van der Waals surface area contributed by atoms with Crippen molar-refractivity contribution in [2.75, 3.05) is 12.4 Å². The minimum atomic E-state index is 0.138. The number of aryl methyl sites for hydroxylation is 1. The van der Waals surface area contributed by atoms with Crippen LogP contribution in [0.4, 0.5) is 5.69 Å². The molecule has 0 radical (unpaired) electrons. The van der Waals surface area contributed by atoms with Gasteiger partial charge in [0.05, 0.1) is 30.7 Å². The van der Waals surface area contributed by atoms with E-state index in [0.29, 0.717) is 5.92 Å². The maximum atomic E-state index is 5.43. The topological polar surface area (TPSA) is 52.0 Å². The minimum Gasteiger partial charge on any atom is -0.495 e. The molecule has 2 heterocycles. The Balaban J connectivity index is 1.82. The number of anilines is 1. The van der Waals surface area contributed by atoms with E-state index in [2.05, 4.69) is 23.4 Å². The molecule has 1 aliphatic rings. The van der Waals surface area contributed by atoms with Crippen LogP contribution in [-0.2, 0) is 7.05 Å². The summed E-state index contributed by atoms with van der Waals surface area (Å²) in [5.74, 6) is 1.40. The highest BCUT2D eigenvalue weighted by atomic mass is 16.5. The summed E-state index contributed by atoms with van der Waals surface area (Å²) < 4.78 is 7.35. The van der Waals surface area contributed by atoms with Crippen molar-refractivity contribution in [3.63, 3.8) is 0 Å². The highest BCUT2D eigenvalue weighted by Crippen LogP contribution is 2.37. The molecule has 2 aromatic rings. The van der Waals surface area contributed by atoms with Crippen molar-refractivity contribution in [2.45, 2.75) is 51.0 Å². The zero-order valence-electron chi connectivity index (χ0n) is 14.2. The standard InChI is InChI=1S/C18H26N4O/c1-13(15-9-10-19-11-17(15)23-3)20-16-12-22(2)21-18(16)14-7-5-4-6-8-14/h9-14,20H,4-8H2,1-3H3. The van der Waals surface area contributed by atoms with Crippen molar-refractivity contribution in [1.82, 2.24) is 14.8 Å². The van der Waals surface area contributed by atoms with Crippen molar-refractivity contribution in [1.29, 1.82) is 0 Å². The zero-order valence-corrected chi connectivity index (χ0v) is 14.2. The Bertz CT molecular complexity index is 646. The van der Waals surface area contributed by atoms with Gasteiger partial charge in [-0.15, -0.1) is 0 Å². The van der Waals surface area contributed by atoms with Gasteiger partial charge in [-0.1, -0.05) is 19.3 Å². The maximum absolute atomic E-state index is 5.43. The number of nitrogens with zero attached hydrogens (tertiary/aromatic N) is 3. The summed E-state index contributed by atoms with van der Waals surface area (Å²) in [5.41, 5.74) is 3.47. The van der Waals surface area contributed by atoms with E-state index in [-0.39, 0.29) is 6.04 Å². The molecule has 1 saturated carbocycles. The van der Waals surface area contributed by atoms with Gasteiger partial charge >= 0.3 is 0 Å². The summed E-state index contributed by atoms with van der Waals surface area (Å²) >= 11 is 0. The molecular weight excluding hydrogens is 288 g/mol. The summed E-state index contributed by atoms with van der Waals surface area (Å²) in [5, 5.41) is 8.36. The molecule has 0 saturated heterocycles. The number of hydrogen-bond acceptors (Lipinski definition) is 4. The summed E-state index contributed by atoms with van der Waals surface area (Å²) in [7, 11) is 3.68. The molecule has 0 aromatic carbocycles. The molecular formula is C18H26N4O. The van der Waals surface area contributed by atoms with Gasteiger partial charge in [0.1, 0.15) is 5.75 Å². The monoisotopic (exact) mass is 314 g/mol. The van der Waals surface area contributed by atoms with E-state index in [1.165, 1.54) is 37.8 Å². The second-order valence-corrected chi connectivity index (χ2v) is 6.42. The lowest BCUT2D eigenvalue weighted by molar-refractivity contribution is 0.406. The van der Waals surface area contributed by atoms with Crippen LogP contribution in [0, 0.1) is 0 Å². The molecule has 1 N–H and O–H groups in total. The molecule has 0 amide bonds. The quantitative estimate of drug-likeness (QED) is 0.905. The fourth-order valence-electron chi connectivity index (χ4n) is 3.52. The predicted octanol–water partition coefficient (Wildman–Crippen LogP) is 4.04. The van der Waals surface area contributed by atoms with E-state index in [4.69, 9.17) is 9.84 Å². The molecule has 2 aromatic heterocycles. The molecule has 5 nitrogen and oxygen atoms in total. The number of ether oxygens (including phenoxy) is 1. The molecule has 0 spiro atoms. The lowest BCUT2D eigenvalue weighted by atomic mass is 9.86. The normalized spacial score (nSPS) is 17.0. The van der Waals surface area contributed by atoms with Crippen molar-refractivity contribution in [3.05, 3.63) is 35.9 Å². The van der Waals surface area contributed by atoms with Crippen LogP contribution in [0.2, 0.25) is 0 Å². The molecule has 3 rings (SSSR count). The Morgan fingerprint density at radius 2 is 2.09 bits per heavy atom. The largest absolute Gasteiger partial charge is 0.495 e. The first-order chi connectivity index (χ1) is 11.2. The van der Waals surface area contributed by atoms with Gasteiger partial charge in [-0.05, 0) is 25.8 Å². The maximum Gasteiger partial charge on any atom is 0.142 e. The molecule has 124 valence electrons. The fraction of sp³-hybridized carbons (Fsp3) is 0.556.